The van der Waals surface area contributed by atoms with Gasteiger partial charge in [0, 0.05) is 30.4 Å². The predicted octanol–water partition coefficient (Wildman–Crippen LogP) is 2.68. The van der Waals surface area contributed by atoms with E-state index in [1.165, 1.54) is 18.9 Å². The molecule has 2 aromatic rings. The highest BCUT2D eigenvalue weighted by Crippen LogP contribution is 2.40. The topological polar surface area (TPSA) is 108 Å². The molecule has 0 atom stereocenters. The Morgan fingerprint density at radius 3 is 2.67 bits per heavy atom. The predicted molar refractivity (Wildman–Crippen MR) is 113 cm³/mol. The van der Waals surface area contributed by atoms with E-state index in [1.54, 1.807) is 0 Å². The normalized spacial score (nSPS) is 15.0. The molecule has 0 bridgehead atoms. The SMILES string of the molecule is COC(=O)/C(C=NCc1cn2cc(C3CC3)cc(CC(=O)OC(C)(C)C)c2n1)=C/N. The van der Waals surface area contributed by atoms with Crippen LogP contribution in [0.5, 0.6) is 0 Å². The summed E-state index contributed by atoms with van der Waals surface area (Å²) >= 11 is 0. The zero-order chi connectivity index (χ0) is 21.9. The number of aliphatic imine (C=N–C) groups is 1. The zero-order valence-corrected chi connectivity index (χ0v) is 17.8. The molecule has 8 heteroatoms. The van der Waals surface area contributed by atoms with Gasteiger partial charge in [-0.2, -0.15) is 0 Å². The maximum Gasteiger partial charge on any atom is 0.340 e. The first-order valence-corrected chi connectivity index (χ1v) is 9.92. The van der Waals surface area contributed by atoms with Crippen molar-refractivity contribution >= 4 is 23.8 Å². The van der Waals surface area contributed by atoms with Crippen LogP contribution in [0.25, 0.3) is 5.65 Å². The molecule has 0 aromatic carbocycles. The van der Waals surface area contributed by atoms with Crippen molar-refractivity contribution in [1.29, 1.82) is 0 Å². The summed E-state index contributed by atoms with van der Waals surface area (Å²) in [5, 5.41) is 0. The van der Waals surface area contributed by atoms with Crippen LogP contribution in [0.15, 0.2) is 35.2 Å². The number of ether oxygens (including phenoxy) is 2. The van der Waals surface area contributed by atoms with Crippen molar-refractivity contribution in [3.8, 4) is 0 Å². The maximum atomic E-state index is 12.4. The van der Waals surface area contributed by atoms with Crippen molar-refractivity contribution < 1.29 is 19.1 Å². The molecule has 1 saturated carbocycles. The highest BCUT2D eigenvalue weighted by Gasteiger charge is 2.26. The second-order valence-electron chi connectivity index (χ2n) is 8.38. The molecule has 2 aromatic heterocycles. The fraction of sp³-hybridized carbons (Fsp3) is 0.455. The Morgan fingerprint density at radius 1 is 1.33 bits per heavy atom. The van der Waals surface area contributed by atoms with Crippen LogP contribution in [-0.4, -0.2) is 40.2 Å². The zero-order valence-electron chi connectivity index (χ0n) is 17.8. The Bertz CT molecular complexity index is 1010. The number of rotatable bonds is 7. The summed E-state index contributed by atoms with van der Waals surface area (Å²) in [6.07, 6.45) is 8.94. The Hall–Kier alpha value is -3.16. The van der Waals surface area contributed by atoms with Gasteiger partial charge in [0.05, 0.1) is 31.3 Å². The van der Waals surface area contributed by atoms with E-state index < -0.39 is 11.6 Å². The summed E-state index contributed by atoms with van der Waals surface area (Å²) in [5.41, 5.74) is 8.52. The molecule has 1 aliphatic carbocycles. The van der Waals surface area contributed by atoms with E-state index in [-0.39, 0.29) is 24.5 Å². The summed E-state index contributed by atoms with van der Waals surface area (Å²) in [5.74, 6) is -0.298. The number of nitrogens with two attached hydrogens (primary N) is 1. The average molecular weight is 412 g/mol. The molecule has 0 radical (unpaired) electrons. The maximum absolute atomic E-state index is 12.4. The van der Waals surface area contributed by atoms with Crippen LogP contribution in [0.4, 0.5) is 0 Å². The third-order valence-corrected chi connectivity index (χ3v) is 4.59. The molecule has 3 rings (SSSR count). The number of pyridine rings is 1. The van der Waals surface area contributed by atoms with E-state index in [1.807, 2.05) is 31.4 Å². The van der Waals surface area contributed by atoms with Crippen LogP contribution >= 0.6 is 0 Å². The fourth-order valence-corrected chi connectivity index (χ4v) is 3.14. The van der Waals surface area contributed by atoms with E-state index >= 15 is 0 Å². The van der Waals surface area contributed by atoms with Gasteiger partial charge in [-0.05, 0) is 51.2 Å². The van der Waals surface area contributed by atoms with Crippen LogP contribution in [0.3, 0.4) is 0 Å². The highest BCUT2D eigenvalue weighted by atomic mass is 16.6. The molecular formula is C22H28N4O4. The van der Waals surface area contributed by atoms with Crippen molar-refractivity contribution in [3.63, 3.8) is 0 Å². The van der Waals surface area contributed by atoms with Gasteiger partial charge in [0.2, 0.25) is 0 Å². The van der Waals surface area contributed by atoms with E-state index in [4.69, 9.17) is 10.5 Å². The van der Waals surface area contributed by atoms with Gasteiger partial charge in [-0.1, -0.05) is 0 Å². The van der Waals surface area contributed by atoms with Gasteiger partial charge in [-0.25, -0.2) is 9.78 Å². The molecule has 160 valence electrons. The molecule has 8 nitrogen and oxygen atoms in total. The van der Waals surface area contributed by atoms with Crippen molar-refractivity contribution in [2.75, 3.05) is 7.11 Å². The lowest BCUT2D eigenvalue weighted by Gasteiger charge is -2.19. The van der Waals surface area contributed by atoms with Gasteiger partial charge in [0.25, 0.3) is 0 Å². The van der Waals surface area contributed by atoms with Crippen LogP contribution in [0, 0.1) is 0 Å². The lowest BCUT2D eigenvalue weighted by Crippen LogP contribution is -2.25. The standard InChI is InChI=1S/C22H28N4O4/c1-22(2,3)30-19(27)8-15-7-16(14-5-6-14)12-26-13-18(25-20(15)26)11-24-10-17(9-23)21(28)29-4/h7,9-10,12-14H,5-6,8,11,23H2,1-4H3/b17-9+,24-10?. The largest absolute Gasteiger partial charge is 0.465 e. The number of methoxy groups -OCH3 is 1. The van der Waals surface area contributed by atoms with Crippen molar-refractivity contribution in [1.82, 2.24) is 9.38 Å². The van der Waals surface area contributed by atoms with Crippen LogP contribution in [0.2, 0.25) is 0 Å². The number of esters is 2. The molecule has 1 fully saturated rings. The summed E-state index contributed by atoms with van der Waals surface area (Å²) in [7, 11) is 1.28. The summed E-state index contributed by atoms with van der Waals surface area (Å²) < 4.78 is 12.1. The molecule has 0 aliphatic heterocycles. The Kier molecular flexibility index (Phi) is 6.24. The van der Waals surface area contributed by atoms with E-state index in [0.29, 0.717) is 17.3 Å². The molecule has 0 unspecified atom stereocenters. The Balaban J connectivity index is 1.85. The van der Waals surface area contributed by atoms with Gasteiger partial charge in [-0.15, -0.1) is 0 Å². The van der Waals surface area contributed by atoms with Crippen molar-refractivity contribution in [2.24, 2.45) is 10.7 Å². The number of hydrogen-bond acceptors (Lipinski definition) is 7. The van der Waals surface area contributed by atoms with E-state index in [2.05, 4.69) is 27.0 Å². The number of carbonyl (C=O) groups excluding carboxylic acids is 2. The Morgan fingerprint density at radius 2 is 2.07 bits per heavy atom. The summed E-state index contributed by atoms with van der Waals surface area (Å²) in [6, 6.07) is 2.06. The third kappa shape index (κ3) is 5.46. The molecule has 0 amide bonds. The molecule has 0 saturated heterocycles. The minimum atomic E-state index is -0.551. The number of fused-ring (bicyclic) bond motifs is 1. The fourth-order valence-electron chi connectivity index (χ4n) is 3.14. The highest BCUT2D eigenvalue weighted by molar-refractivity contribution is 6.09. The molecule has 0 spiro atoms. The van der Waals surface area contributed by atoms with Crippen molar-refractivity contribution in [2.45, 2.75) is 58.1 Å². The molecular weight excluding hydrogens is 384 g/mol. The van der Waals surface area contributed by atoms with Crippen LogP contribution in [-0.2, 0) is 32.0 Å². The lowest BCUT2D eigenvalue weighted by molar-refractivity contribution is -0.153. The smallest absolute Gasteiger partial charge is 0.340 e. The second kappa shape index (κ2) is 8.69. The van der Waals surface area contributed by atoms with E-state index in [9.17, 15) is 9.59 Å². The van der Waals surface area contributed by atoms with Crippen LogP contribution in [0.1, 0.15) is 56.4 Å². The van der Waals surface area contributed by atoms with Crippen molar-refractivity contribution in [3.05, 3.63) is 47.1 Å². The molecule has 2 heterocycles. The first-order chi connectivity index (χ1) is 14.2. The molecule has 30 heavy (non-hydrogen) atoms. The average Bonchev–Trinajstić information content (AvgIpc) is 3.43. The number of carbonyl (C=O) groups is 2. The van der Waals surface area contributed by atoms with Gasteiger partial charge >= 0.3 is 11.9 Å². The summed E-state index contributed by atoms with van der Waals surface area (Å²) in [6.45, 7) is 5.82. The lowest BCUT2D eigenvalue weighted by atomic mass is 10.1. The monoisotopic (exact) mass is 412 g/mol. The first kappa shape index (κ1) is 21.5. The molecule has 2 N–H and O–H groups in total. The Labute approximate surface area is 175 Å². The van der Waals surface area contributed by atoms with Crippen LogP contribution < -0.4 is 5.73 Å². The second-order valence-corrected chi connectivity index (χ2v) is 8.38. The van der Waals surface area contributed by atoms with Gasteiger partial charge in [0.1, 0.15) is 11.2 Å². The summed E-state index contributed by atoms with van der Waals surface area (Å²) in [4.78, 5) is 32.8. The van der Waals surface area contributed by atoms with Gasteiger partial charge in [0.15, 0.2) is 0 Å². The number of nitrogens with zero attached hydrogens (tertiary/aromatic N) is 3. The van der Waals surface area contributed by atoms with Gasteiger partial charge < -0.3 is 19.6 Å². The third-order valence-electron chi connectivity index (χ3n) is 4.59. The quantitative estimate of drug-likeness (QED) is 0.425. The van der Waals surface area contributed by atoms with E-state index in [0.717, 1.165) is 24.6 Å². The number of hydrogen-bond donors (Lipinski definition) is 1. The minimum Gasteiger partial charge on any atom is -0.465 e. The molecule has 1 aliphatic rings. The minimum absolute atomic E-state index is 0.156. The van der Waals surface area contributed by atoms with Gasteiger partial charge in [-0.3, -0.25) is 9.79 Å². The first-order valence-electron chi connectivity index (χ1n) is 9.92. The number of imidazole rings is 1. The number of aromatic nitrogens is 2.